The van der Waals surface area contributed by atoms with Crippen molar-refractivity contribution in [2.75, 3.05) is 0 Å². The maximum atomic E-state index is 12.0. The lowest BCUT2D eigenvalue weighted by Gasteiger charge is -2.10. The highest BCUT2D eigenvalue weighted by molar-refractivity contribution is 5.31. The van der Waals surface area contributed by atoms with Gasteiger partial charge in [0.25, 0.3) is 0 Å². The lowest BCUT2D eigenvalue weighted by Crippen LogP contribution is -2.17. The van der Waals surface area contributed by atoms with Crippen molar-refractivity contribution in [3.8, 4) is 17.2 Å². The highest BCUT2D eigenvalue weighted by atomic mass is 19.4. The Bertz CT molecular complexity index is 547. The minimum Gasteiger partial charge on any atom is -0.508 e. The van der Waals surface area contributed by atoms with Crippen molar-refractivity contribution in [2.45, 2.75) is 13.0 Å². The van der Waals surface area contributed by atoms with Gasteiger partial charge in [-0.15, -0.1) is 13.2 Å². The second-order valence-electron chi connectivity index (χ2n) is 3.97. The molecule has 0 aliphatic heterocycles. The molecule has 0 bridgehead atoms. The number of phenolic OH excluding ortho intramolecular Hbond substituents is 1. The van der Waals surface area contributed by atoms with Crippen LogP contribution >= 0.6 is 0 Å². The van der Waals surface area contributed by atoms with Crippen LogP contribution in [0.3, 0.4) is 0 Å². The summed E-state index contributed by atoms with van der Waals surface area (Å²) in [7, 11) is 0. The number of alkyl halides is 3. The maximum Gasteiger partial charge on any atom is 0.573 e. The molecule has 0 saturated carbocycles. The van der Waals surface area contributed by atoms with Crippen molar-refractivity contribution in [2.24, 2.45) is 0 Å². The monoisotopic (exact) mass is 284 g/mol. The largest absolute Gasteiger partial charge is 0.573 e. The summed E-state index contributed by atoms with van der Waals surface area (Å²) in [4.78, 5) is 0. The number of benzene rings is 2. The zero-order valence-electron chi connectivity index (χ0n) is 10.2. The molecule has 0 aliphatic carbocycles. The molecule has 0 radical (unpaired) electrons. The predicted molar refractivity (Wildman–Crippen MR) is 65.6 cm³/mol. The number of halogens is 3. The standard InChI is InChI=1S/C14H11F3O3/c15-14(16,17)20-13-5-1-10(2-6-13)9-19-12-7-3-11(18)4-8-12/h1-8,18H,9H2. The molecule has 0 saturated heterocycles. The van der Waals surface area contributed by atoms with Gasteiger partial charge in [0.05, 0.1) is 0 Å². The van der Waals surface area contributed by atoms with Gasteiger partial charge in [0.2, 0.25) is 0 Å². The Morgan fingerprint density at radius 2 is 1.40 bits per heavy atom. The Morgan fingerprint density at radius 3 is 1.95 bits per heavy atom. The summed E-state index contributed by atoms with van der Waals surface area (Å²) in [5.41, 5.74) is 0.701. The molecule has 0 unspecified atom stereocenters. The number of aromatic hydroxyl groups is 1. The highest BCUT2D eigenvalue weighted by Gasteiger charge is 2.30. The predicted octanol–water partition coefficient (Wildman–Crippen LogP) is 3.87. The van der Waals surface area contributed by atoms with Gasteiger partial charge in [-0.1, -0.05) is 12.1 Å². The summed E-state index contributed by atoms with van der Waals surface area (Å²) < 4.78 is 45.1. The molecule has 2 aromatic rings. The van der Waals surface area contributed by atoms with E-state index in [-0.39, 0.29) is 18.1 Å². The zero-order valence-corrected chi connectivity index (χ0v) is 10.2. The normalized spacial score (nSPS) is 11.2. The van der Waals surface area contributed by atoms with E-state index < -0.39 is 6.36 Å². The SMILES string of the molecule is Oc1ccc(OCc2ccc(OC(F)(F)F)cc2)cc1. The van der Waals surface area contributed by atoms with E-state index in [0.717, 1.165) is 0 Å². The van der Waals surface area contributed by atoms with Crippen molar-refractivity contribution >= 4 is 0 Å². The molecule has 3 nitrogen and oxygen atoms in total. The number of phenols is 1. The number of hydrogen-bond acceptors (Lipinski definition) is 3. The van der Waals surface area contributed by atoms with E-state index in [0.29, 0.717) is 11.3 Å². The smallest absolute Gasteiger partial charge is 0.508 e. The van der Waals surface area contributed by atoms with Gasteiger partial charge in [-0.2, -0.15) is 0 Å². The summed E-state index contributed by atoms with van der Waals surface area (Å²) in [5.74, 6) is 0.412. The average molecular weight is 284 g/mol. The Balaban J connectivity index is 1.92. The Morgan fingerprint density at radius 1 is 0.850 bits per heavy atom. The van der Waals surface area contributed by atoms with E-state index in [4.69, 9.17) is 9.84 Å². The van der Waals surface area contributed by atoms with Gasteiger partial charge in [0.15, 0.2) is 0 Å². The summed E-state index contributed by atoms with van der Waals surface area (Å²) in [5, 5.41) is 9.10. The Hall–Kier alpha value is -2.37. The van der Waals surface area contributed by atoms with Gasteiger partial charge < -0.3 is 14.6 Å². The molecule has 2 rings (SSSR count). The van der Waals surface area contributed by atoms with Crippen LogP contribution in [0.1, 0.15) is 5.56 Å². The van der Waals surface area contributed by atoms with Crippen molar-refractivity contribution in [1.82, 2.24) is 0 Å². The average Bonchev–Trinajstić information content (AvgIpc) is 2.38. The molecule has 1 N–H and O–H groups in total. The summed E-state index contributed by atoms with van der Waals surface area (Å²) in [6, 6.07) is 11.6. The quantitative estimate of drug-likeness (QED) is 0.926. The van der Waals surface area contributed by atoms with E-state index >= 15 is 0 Å². The van der Waals surface area contributed by atoms with E-state index in [9.17, 15) is 13.2 Å². The van der Waals surface area contributed by atoms with Crippen LogP contribution in [0.4, 0.5) is 13.2 Å². The first-order valence-corrected chi connectivity index (χ1v) is 5.69. The van der Waals surface area contributed by atoms with E-state index in [1.807, 2.05) is 0 Å². The molecule has 0 heterocycles. The van der Waals surface area contributed by atoms with Gasteiger partial charge in [0, 0.05) is 0 Å². The third-order valence-electron chi connectivity index (χ3n) is 2.40. The second kappa shape index (κ2) is 5.73. The second-order valence-corrected chi connectivity index (χ2v) is 3.97. The van der Waals surface area contributed by atoms with Crippen LogP contribution in [-0.2, 0) is 6.61 Å². The number of rotatable bonds is 4. The van der Waals surface area contributed by atoms with Crippen LogP contribution < -0.4 is 9.47 Å². The fourth-order valence-electron chi connectivity index (χ4n) is 1.50. The molecule has 0 amide bonds. The molecule has 106 valence electrons. The number of ether oxygens (including phenoxy) is 2. The molecule has 2 aromatic carbocycles. The van der Waals surface area contributed by atoms with E-state index in [1.165, 1.54) is 36.4 Å². The summed E-state index contributed by atoms with van der Waals surface area (Å²) in [6.45, 7) is 0.205. The molecule has 0 aliphatic rings. The van der Waals surface area contributed by atoms with Gasteiger partial charge in [0.1, 0.15) is 23.9 Å². The van der Waals surface area contributed by atoms with Crippen molar-refractivity contribution in [3.05, 3.63) is 54.1 Å². The zero-order chi connectivity index (χ0) is 14.6. The summed E-state index contributed by atoms with van der Waals surface area (Å²) >= 11 is 0. The van der Waals surface area contributed by atoms with Crippen molar-refractivity contribution in [1.29, 1.82) is 0 Å². The van der Waals surface area contributed by atoms with Gasteiger partial charge in [-0.3, -0.25) is 0 Å². The molecule has 0 aromatic heterocycles. The first-order valence-electron chi connectivity index (χ1n) is 5.69. The Labute approximate surface area is 113 Å². The van der Waals surface area contributed by atoms with E-state index in [1.54, 1.807) is 12.1 Å². The van der Waals surface area contributed by atoms with Crippen molar-refractivity contribution in [3.63, 3.8) is 0 Å². The lowest BCUT2D eigenvalue weighted by molar-refractivity contribution is -0.274. The summed E-state index contributed by atoms with van der Waals surface area (Å²) in [6.07, 6.45) is -4.69. The minimum absolute atomic E-state index is 0.131. The topological polar surface area (TPSA) is 38.7 Å². The number of hydrogen-bond donors (Lipinski definition) is 1. The molecular weight excluding hydrogens is 273 g/mol. The molecule has 0 fully saturated rings. The lowest BCUT2D eigenvalue weighted by atomic mass is 10.2. The fourth-order valence-corrected chi connectivity index (χ4v) is 1.50. The first-order chi connectivity index (χ1) is 9.42. The molecule has 0 spiro atoms. The third-order valence-corrected chi connectivity index (χ3v) is 2.40. The van der Waals surface area contributed by atoms with Crippen LogP contribution in [0.15, 0.2) is 48.5 Å². The third kappa shape index (κ3) is 4.38. The molecule has 0 atom stereocenters. The maximum absolute atomic E-state index is 12.0. The van der Waals surface area contributed by atoms with Gasteiger partial charge in [-0.25, -0.2) is 0 Å². The van der Waals surface area contributed by atoms with E-state index in [2.05, 4.69) is 4.74 Å². The highest BCUT2D eigenvalue weighted by Crippen LogP contribution is 2.23. The van der Waals surface area contributed by atoms with Crippen LogP contribution in [0, 0.1) is 0 Å². The van der Waals surface area contributed by atoms with Gasteiger partial charge in [-0.05, 0) is 42.0 Å². The van der Waals surface area contributed by atoms with Gasteiger partial charge >= 0.3 is 6.36 Å². The molecular formula is C14H11F3O3. The fraction of sp³-hybridized carbons (Fsp3) is 0.143. The minimum atomic E-state index is -4.69. The van der Waals surface area contributed by atoms with Crippen LogP contribution in [-0.4, -0.2) is 11.5 Å². The Kier molecular flexibility index (Phi) is 4.02. The van der Waals surface area contributed by atoms with Crippen LogP contribution in [0.5, 0.6) is 17.2 Å². The molecule has 20 heavy (non-hydrogen) atoms. The molecule has 6 heteroatoms. The van der Waals surface area contributed by atoms with Crippen LogP contribution in [0.2, 0.25) is 0 Å². The van der Waals surface area contributed by atoms with Crippen molar-refractivity contribution < 1.29 is 27.8 Å². The van der Waals surface area contributed by atoms with Crippen LogP contribution in [0.25, 0.3) is 0 Å². The first kappa shape index (κ1) is 14.0.